The van der Waals surface area contributed by atoms with Crippen molar-refractivity contribution in [3.63, 3.8) is 0 Å². The lowest BCUT2D eigenvalue weighted by Gasteiger charge is -2.26. The van der Waals surface area contributed by atoms with Crippen LogP contribution in [0.25, 0.3) is 0 Å². The molecule has 11 heteroatoms. The predicted octanol–water partition coefficient (Wildman–Crippen LogP) is -2.30. The summed E-state index contributed by atoms with van der Waals surface area (Å²) in [6.07, 6.45) is -0.402. The summed E-state index contributed by atoms with van der Waals surface area (Å²) >= 11 is 0. The van der Waals surface area contributed by atoms with Crippen molar-refractivity contribution in [1.82, 2.24) is 10.2 Å². The molecular weight excluding hydrogens is 430 g/mol. The van der Waals surface area contributed by atoms with Crippen LogP contribution in [0, 0.1) is 0 Å². The third-order valence-corrected chi connectivity index (χ3v) is 4.33. The van der Waals surface area contributed by atoms with Gasteiger partial charge in [0.1, 0.15) is 18.2 Å². The summed E-state index contributed by atoms with van der Waals surface area (Å²) in [5, 5.41) is 12.2. The van der Waals surface area contributed by atoms with Gasteiger partial charge in [-0.1, -0.05) is 0 Å². The molecule has 2 amide bonds. The zero-order chi connectivity index (χ0) is 22.9. The van der Waals surface area contributed by atoms with Gasteiger partial charge in [-0.05, 0) is 20.8 Å². The number of nitrogens with one attached hydrogen (secondary N) is 1. The van der Waals surface area contributed by atoms with Gasteiger partial charge < -0.3 is 41.5 Å². The van der Waals surface area contributed by atoms with Crippen LogP contribution in [0.2, 0.25) is 0 Å². The number of hydrogen-bond donors (Lipinski definition) is 2. The topological polar surface area (TPSA) is 114 Å². The van der Waals surface area contributed by atoms with E-state index in [1.54, 1.807) is 20.8 Å². The molecule has 1 fully saturated rings. The molecule has 0 bridgehead atoms. The molecule has 10 nitrogen and oxygen atoms in total. The molecule has 0 aromatic carbocycles. The molecule has 0 radical (unpaired) electrons. The summed E-state index contributed by atoms with van der Waals surface area (Å²) in [6.45, 7) is 7.90. The quantitative estimate of drug-likeness (QED) is 0.259. The first-order valence-corrected chi connectivity index (χ1v) is 10.3. The van der Waals surface area contributed by atoms with Crippen molar-refractivity contribution in [2.45, 2.75) is 51.3 Å². The fourth-order valence-corrected chi connectivity index (χ4v) is 2.82. The second kappa shape index (κ2) is 13.0. The van der Waals surface area contributed by atoms with Crippen LogP contribution in [-0.2, 0) is 23.8 Å². The highest BCUT2D eigenvalue weighted by atomic mass is 35.5. The smallest absolute Gasteiger partial charge is 0.411 e. The van der Waals surface area contributed by atoms with Crippen molar-refractivity contribution in [1.29, 1.82) is 0 Å². The second-order valence-corrected chi connectivity index (χ2v) is 9.48. The van der Waals surface area contributed by atoms with Crippen molar-refractivity contribution in [3.05, 3.63) is 0 Å². The average molecular weight is 468 g/mol. The van der Waals surface area contributed by atoms with Crippen molar-refractivity contribution in [2.75, 3.05) is 60.7 Å². The van der Waals surface area contributed by atoms with Crippen LogP contribution < -0.4 is 17.7 Å². The maximum atomic E-state index is 12.3. The average Bonchev–Trinajstić information content (AvgIpc) is 2.99. The Hall–Kier alpha value is -1.62. The number of aliphatic carboxylic acids is 1. The predicted molar refractivity (Wildman–Crippen MR) is 110 cm³/mol. The number of likely N-dealkylation sites (N-methyl/N-ethyl adjacent to an activating group) is 1. The number of quaternary nitrogens is 1. The number of nitrogens with zero attached hydrogens (tertiary/aromatic N) is 2. The summed E-state index contributed by atoms with van der Waals surface area (Å²) in [5.74, 6) is -1.37. The van der Waals surface area contributed by atoms with Crippen LogP contribution in [-0.4, -0.2) is 111 Å². The number of ether oxygens (including phenoxy) is 3. The Kier molecular flexibility index (Phi) is 12.4. The lowest BCUT2D eigenvalue weighted by atomic mass is 10.1. The maximum Gasteiger partial charge on any atom is 0.411 e. The largest absolute Gasteiger partial charge is 1.00 e. The molecule has 0 aliphatic carbocycles. The highest BCUT2D eigenvalue weighted by Gasteiger charge is 2.42. The van der Waals surface area contributed by atoms with E-state index in [-0.39, 0.29) is 44.3 Å². The van der Waals surface area contributed by atoms with Gasteiger partial charge in [0.2, 0.25) is 5.91 Å². The first-order chi connectivity index (χ1) is 13.8. The van der Waals surface area contributed by atoms with Crippen molar-refractivity contribution in [2.24, 2.45) is 0 Å². The van der Waals surface area contributed by atoms with E-state index in [9.17, 15) is 19.5 Å². The Bertz CT molecular complexity index is 590. The van der Waals surface area contributed by atoms with Gasteiger partial charge in [0.15, 0.2) is 0 Å². The van der Waals surface area contributed by atoms with Crippen molar-refractivity contribution in [3.8, 4) is 0 Å². The fraction of sp³-hybridized carbons (Fsp3) is 0.850. The SMILES string of the molecule is CC(C)(C)OC(=O)N1C[C@@H](NC(=O)CCOCCOCC[N+](C)(C)C)C[C@@H]1C(=O)O.[Cl-]. The lowest BCUT2D eigenvalue weighted by molar-refractivity contribution is -0.870. The Labute approximate surface area is 191 Å². The van der Waals surface area contributed by atoms with E-state index in [4.69, 9.17) is 14.2 Å². The summed E-state index contributed by atoms with van der Waals surface area (Å²) in [6, 6.07) is -1.46. The molecule has 0 aromatic heterocycles. The number of halogens is 1. The Morgan fingerprint density at radius 3 is 2.16 bits per heavy atom. The highest BCUT2D eigenvalue weighted by molar-refractivity contribution is 5.82. The molecule has 0 saturated carbocycles. The number of carbonyl (C=O) groups excluding carboxylic acids is 2. The fourth-order valence-electron chi connectivity index (χ4n) is 2.82. The van der Waals surface area contributed by atoms with Gasteiger partial charge >= 0.3 is 12.1 Å². The van der Waals surface area contributed by atoms with Gasteiger partial charge in [0.05, 0.1) is 47.6 Å². The second-order valence-electron chi connectivity index (χ2n) is 9.48. The van der Waals surface area contributed by atoms with Crippen molar-refractivity contribution >= 4 is 18.0 Å². The van der Waals surface area contributed by atoms with E-state index in [2.05, 4.69) is 26.5 Å². The summed E-state index contributed by atoms with van der Waals surface area (Å²) in [7, 11) is 6.27. The van der Waals surface area contributed by atoms with E-state index >= 15 is 0 Å². The minimum absolute atomic E-state index is 0. The van der Waals surface area contributed by atoms with Crippen LogP contribution in [0.3, 0.4) is 0 Å². The normalized spacial score (nSPS) is 19.0. The van der Waals surface area contributed by atoms with E-state index in [0.29, 0.717) is 19.8 Å². The van der Waals surface area contributed by atoms with Crippen molar-refractivity contribution < 1.29 is 50.6 Å². The number of hydrogen-bond acceptors (Lipinski definition) is 6. The summed E-state index contributed by atoms with van der Waals surface area (Å²) < 4.78 is 17.0. The van der Waals surface area contributed by atoms with Gasteiger partial charge in [0.25, 0.3) is 0 Å². The Morgan fingerprint density at radius 2 is 1.65 bits per heavy atom. The Balaban J connectivity index is 0.00000900. The molecular formula is C20H38ClN3O7. The molecule has 1 aliphatic rings. The van der Waals surface area contributed by atoms with Gasteiger partial charge in [-0.25, -0.2) is 9.59 Å². The van der Waals surface area contributed by atoms with Crippen LogP contribution >= 0.6 is 0 Å². The number of likely N-dealkylation sites (tertiary alicyclic amines) is 1. The number of rotatable bonds is 11. The monoisotopic (exact) mass is 467 g/mol. The zero-order valence-electron chi connectivity index (χ0n) is 19.5. The van der Waals surface area contributed by atoms with Gasteiger partial charge in [-0.3, -0.25) is 9.69 Å². The molecule has 1 rings (SSSR count). The molecule has 182 valence electrons. The number of carboxylic acids is 1. The minimum Gasteiger partial charge on any atom is -1.00 e. The molecule has 0 spiro atoms. The van der Waals surface area contributed by atoms with Crippen LogP contribution in [0.4, 0.5) is 4.79 Å². The number of amides is 2. The summed E-state index contributed by atoms with van der Waals surface area (Å²) in [5.41, 5.74) is -0.728. The van der Waals surface area contributed by atoms with Crippen LogP contribution in [0.1, 0.15) is 33.6 Å². The van der Waals surface area contributed by atoms with Gasteiger partial charge in [-0.2, -0.15) is 0 Å². The van der Waals surface area contributed by atoms with Gasteiger partial charge in [0, 0.05) is 25.4 Å². The van der Waals surface area contributed by atoms with E-state index in [1.165, 1.54) is 0 Å². The molecule has 2 N–H and O–H groups in total. The van der Waals surface area contributed by atoms with E-state index < -0.39 is 29.7 Å². The molecule has 2 atom stereocenters. The third-order valence-electron chi connectivity index (χ3n) is 4.33. The number of carboxylic acid groups (broad SMARTS) is 1. The molecule has 1 saturated heterocycles. The van der Waals surface area contributed by atoms with Gasteiger partial charge in [-0.15, -0.1) is 0 Å². The molecule has 1 heterocycles. The molecule has 0 aromatic rings. The Morgan fingerprint density at radius 1 is 1.06 bits per heavy atom. The van der Waals surface area contributed by atoms with Crippen LogP contribution in [0.5, 0.6) is 0 Å². The van der Waals surface area contributed by atoms with E-state index in [0.717, 1.165) is 15.9 Å². The third kappa shape index (κ3) is 12.7. The lowest BCUT2D eigenvalue weighted by Crippen LogP contribution is -3.00. The molecule has 31 heavy (non-hydrogen) atoms. The molecule has 1 aliphatic heterocycles. The number of carbonyl (C=O) groups is 3. The first kappa shape index (κ1) is 29.4. The standard InChI is InChI=1S/C20H37N3O7.ClH/c1-20(2,3)30-19(27)22-14-15(13-16(22)18(25)26)21-17(24)7-9-28-11-12-29-10-8-23(4,5)6;/h15-16H,7-14H2,1-6H3,(H-,21,24,25,26);1H/t15-,16+;/m0./s1. The zero-order valence-corrected chi connectivity index (χ0v) is 20.2. The molecule has 0 unspecified atom stereocenters. The maximum absolute atomic E-state index is 12.3. The minimum atomic E-state index is -1.12. The van der Waals surface area contributed by atoms with E-state index in [1.807, 2.05) is 0 Å². The highest BCUT2D eigenvalue weighted by Crippen LogP contribution is 2.21. The summed E-state index contributed by atoms with van der Waals surface area (Å²) in [4.78, 5) is 37.0. The first-order valence-electron chi connectivity index (χ1n) is 10.3. The van der Waals surface area contributed by atoms with Crippen LogP contribution in [0.15, 0.2) is 0 Å².